The van der Waals surface area contributed by atoms with Gasteiger partial charge in [0.2, 0.25) is 5.91 Å². The summed E-state index contributed by atoms with van der Waals surface area (Å²) in [6, 6.07) is 7.39. The van der Waals surface area contributed by atoms with E-state index in [0.29, 0.717) is 18.7 Å². The van der Waals surface area contributed by atoms with Crippen molar-refractivity contribution in [2.75, 3.05) is 18.9 Å². The Morgan fingerprint density at radius 2 is 1.86 bits per heavy atom. The number of halogens is 1. The summed E-state index contributed by atoms with van der Waals surface area (Å²) in [5, 5.41) is 12.2. The van der Waals surface area contributed by atoms with Crippen molar-refractivity contribution in [3.05, 3.63) is 29.8 Å². The number of carbonyl (C=O) groups excluding carboxylic acids is 1. The lowest BCUT2D eigenvalue weighted by atomic mass is 9.83. The number of hydrogen-bond acceptors (Lipinski definition) is 3. The highest BCUT2D eigenvalue weighted by atomic mass is 35.5. The SMILES string of the molecule is Cl.Nc1ccc(CC(=O)NCC2(CCO)CCCC2)cc1. The summed E-state index contributed by atoms with van der Waals surface area (Å²) in [4.78, 5) is 12.0. The lowest BCUT2D eigenvalue weighted by Gasteiger charge is -2.28. The second-order valence-electron chi connectivity index (χ2n) is 5.88. The molecule has 0 heterocycles. The van der Waals surface area contributed by atoms with Crippen LogP contribution in [0.1, 0.15) is 37.7 Å². The van der Waals surface area contributed by atoms with Crippen LogP contribution in [0.5, 0.6) is 0 Å². The van der Waals surface area contributed by atoms with Gasteiger partial charge in [-0.05, 0) is 42.4 Å². The molecule has 1 fully saturated rings. The minimum Gasteiger partial charge on any atom is -0.399 e. The van der Waals surface area contributed by atoms with Crippen molar-refractivity contribution < 1.29 is 9.90 Å². The van der Waals surface area contributed by atoms with Crippen LogP contribution in [0.3, 0.4) is 0 Å². The number of aliphatic hydroxyl groups is 1. The van der Waals surface area contributed by atoms with Crippen LogP contribution in [0.25, 0.3) is 0 Å². The molecule has 0 unspecified atom stereocenters. The first-order valence-electron chi connectivity index (χ1n) is 7.36. The third-order valence-electron chi connectivity index (χ3n) is 4.31. The van der Waals surface area contributed by atoms with Crippen LogP contribution >= 0.6 is 12.4 Å². The second kappa shape index (κ2) is 8.25. The third-order valence-corrected chi connectivity index (χ3v) is 4.31. The Bertz CT molecular complexity index is 442. The second-order valence-corrected chi connectivity index (χ2v) is 5.88. The van der Waals surface area contributed by atoms with Crippen molar-refractivity contribution >= 4 is 24.0 Å². The van der Waals surface area contributed by atoms with Gasteiger partial charge in [-0.25, -0.2) is 0 Å². The van der Waals surface area contributed by atoms with Gasteiger partial charge in [0.05, 0.1) is 6.42 Å². The molecule has 1 aliphatic carbocycles. The van der Waals surface area contributed by atoms with Crippen LogP contribution in [0.15, 0.2) is 24.3 Å². The van der Waals surface area contributed by atoms with Crippen LogP contribution in [-0.2, 0) is 11.2 Å². The van der Waals surface area contributed by atoms with Gasteiger partial charge in [-0.3, -0.25) is 4.79 Å². The van der Waals surface area contributed by atoms with Gasteiger partial charge in [-0.2, -0.15) is 0 Å². The fraction of sp³-hybridized carbons (Fsp3) is 0.562. The van der Waals surface area contributed by atoms with Crippen molar-refractivity contribution in [3.8, 4) is 0 Å². The molecule has 0 aliphatic heterocycles. The Balaban J connectivity index is 0.00000220. The van der Waals surface area contributed by atoms with Crippen LogP contribution < -0.4 is 11.1 Å². The number of hydrogen-bond donors (Lipinski definition) is 3. The van der Waals surface area contributed by atoms with Crippen LogP contribution in [-0.4, -0.2) is 24.2 Å². The number of anilines is 1. The molecule has 21 heavy (non-hydrogen) atoms. The predicted octanol–water partition coefficient (Wildman–Crippen LogP) is 2.29. The Morgan fingerprint density at radius 1 is 1.24 bits per heavy atom. The van der Waals surface area contributed by atoms with E-state index < -0.39 is 0 Å². The fourth-order valence-electron chi connectivity index (χ4n) is 3.05. The van der Waals surface area contributed by atoms with Crippen molar-refractivity contribution in [1.82, 2.24) is 5.32 Å². The van der Waals surface area contributed by atoms with Gasteiger partial charge in [-0.15, -0.1) is 12.4 Å². The monoisotopic (exact) mass is 312 g/mol. The van der Waals surface area contributed by atoms with Gasteiger partial charge < -0.3 is 16.2 Å². The quantitative estimate of drug-likeness (QED) is 0.705. The molecule has 0 bridgehead atoms. The molecule has 1 aliphatic rings. The summed E-state index contributed by atoms with van der Waals surface area (Å²) in [6.07, 6.45) is 5.79. The van der Waals surface area contributed by atoms with Crippen LogP contribution in [0, 0.1) is 5.41 Å². The smallest absolute Gasteiger partial charge is 0.224 e. The zero-order valence-electron chi connectivity index (χ0n) is 12.3. The van der Waals surface area contributed by atoms with Crippen molar-refractivity contribution in [2.24, 2.45) is 5.41 Å². The summed E-state index contributed by atoms with van der Waals surface area (Å²) >= 11 is 0. The Kier molecular flexibility index (Phi) is 6.99. The van der Waals surface area contributed by atoms with Crippen molar-refractivity contribution in [3.63, 3.8) is 0 Å². The van der Waals surface area contributed by atoms with Crippen LogP contribution in [0.2, 0.25) is 0 Å². The molecule has 0 aromatic heterocycles. The molecule has 0 saturated heterocycles. The van der Waals surface area contributed by atoms with Gasteiger partial charge in [0.1, 0.15) is 0 Å². The van der Waals surface area contributed by atoms with E-state index in [-0.39, 0.29) is 30.3 Å². The predicted molar refractivity (Wildman–Crippen MR) is 87.4 cm³/mol. The molecular weight excluding hydrogens is 288 g/mol. The molecule has 1 amide bonds. The topological polar surface area (TPSA) is 75.4 Å². The van der Waals surface area contributed by atoms with E-state index in [1.165, 1.54) is 12.8 Å². The summed E-state index contributed by atoms with van der Waals surface area (Å²) in [7, 11) is 0. The molecule has 2 rings (SSSR count). The number of carbonyl (C=O) groups is 1. The summed E-state index contributed by atoms with van der Waals surface area (Å²) in [6.45, 7) is 0.884. The Morgan fingerprint density at radius 3 is 2.43 bits per heavy atom. The molecule has 1 aromatic carbocycles. The molecule has 0 spiro atoms. The average Bonchev–Trinajstić information content (AvgIpc) is 2.89. The first kappa shape index (κ1) is 17.8. The van der Waals surface area contributed by atoms with E-state index in [2.05, 4.69) is 5.32 Å². The first-order chi connectivity index (χ1) is 9.63. The maximum absolute atomic E-state index is 12.0. The first-order valence-corrected chi connectivity index (χ1v) is 7.36. The number of benzene rings is 1. The Hall–Kier alpha value is -1.26. The zero-order valence-corrected chi connectivity index (χ0v) is 13.1. The van der Waals surface area contributed by atoms with E-state index in [0.717, 1.165) is 24.8 Å². The highest BCUT2D eigenvalue weighted by Gasteiger charge is 2.33. The van der Waals surface area contributed by atoms with Gasteiger partial charge in [-0.1, -0.05) is 25.0 Å². The highest BCUT2D eigenvalue weighted by molar-refractivity contribution is 5.85. The van der Waals surface area contributed by atoms with E-state index in [9.17, 15) is 9.90 Å². The molecule has 1 saturated carbocycles. The maximum Gasteiger partial charge on any atom is 0.224 e. The molecule has 5 heteroatoms. The zero-order chi connectivity index (χ0) is 14.4. The minimum absolute atomic E-state index is 0. The van der Waals surface area contributed by atoms with Crippen molar-refractivity contribution in [1.29, 1.82) is 0 Å². The number of nitrogens with two attached hydrogens (primary N) is 1. The van der Waals surface area contributed by atoms with Gasteiger partial charge in [0, 0.05) is 18.8 Å². The number of rotatable bonds is 6. The molecule has 1 aromatic rings. The van der Waals surface area contributed by atoms with E-state index in [4.69, 9.17) is 5.73 Å². The van der Waals surface area contributed by atoms with Gasteiger partial charge in [0.15, 0.2) is 0 Å². The van der Waals surface area contributed by atoms with Crippen molar-refractivity contribution in [2.45, 2.75) is 38.5 Å². The normalized spacial score (nSPS) is 16.2. The number of nitrogens with one attached hydrogen (secondary N) is 1. The summed E-state index contributed by atoms with van der Waals surface area (Å²) in [5.74, 6) is 0.0407. The van der Waals surface area contributed by atoms with Gasteiger partial charge in [0.25, 0.3) is 0 Å². The van der Waals surface area contributed by atoms with E-state index in [1.807, 2.05) is 24.3 Å². The Labute approximate surface area is 132 Å². The number of nitrogen functional groups attached to an aromatic ring is 1. The lowest BCUT2D eigenvalue weighted by Crippen LogP contribution is -2.37. The molecule has 0 radical (unpaired) electrons. The molecule has 4 N–H and O–H groups in total. The van der Waals surface area contributed by atoms with Crippen LogP contribution in [0.4, 0.5) is 5.69 Å². The molecule has 118 valence electrons. The molecular formula is C16H25ClN2O2. The molecule has 0 atom stereocenters. The lowest BCUT2D eigenvalue weighted by molar-refractivity contribution is -0.121. The highest BCUT2D eigenvalue weighted by Crippen LogP contribution is 2.40. The summed E-state index contributed by atoms with van der Waals surface area (Å²) in [5.41, 5.74) is 7.42. The standard InChI is InChI=1S/C16H24N2O2.ClH/c17-14-5-3-13(4-6-14)11-15(20)18-12-16(9-10-19)7-1-2-8-16;/h3-6,19H,1-2,7-12,17H2,(H,18,20);1H. The summed E-state index contributed by atoms with van der Waals surface area (Å²) < 4.78 is 0. The van der Waals surface area contributed by atoms with Gasteiger partial charge >= 0.3 is 0 Å². The third kappa shape index (κ3) is 5.21. The molecule has 4 nitrogen and oxygen atoms in total. The fourth-order valence-corrected chi connectivity index (χ4v) is 3.05. The largest absolute Gasteiger partial charge is 0.399 e. The number of amides is 1. The average molecular weight is 313 g/mol. The maximum atomic E-state index is 12.0. The van der Waals surface area contributed by atoms with E-state index >= 15 is 0 Å². The minimum atomic E-state index is 0. The number of aliphatic hydroxyl groups excluding tert-OH is 1. The van der Waals surface area contributed by atoms with E-state index in [1.54, 1.807) is 0 Å².